The number of imide groups is 1. The number of aryl methyl sites for hydroxylation is 3. The Morgan fingerprint density at radius 3 is 2.47 bits per heavy atom. The highest BCUT2D eigenvalue weighted by molar-refractivity contribution is 6.13. The summed E-state index contributed by atoms with van der Waals surface area (Å²) in [5.74, 6) is -0.917. The first kappa shape index (κ1) is 26.5. The van der Waals surface area contributed by atoms with Gasteiger partial charge in [0.15, 0.2) is 0 Å². The van der Waals surface area contributed by atoms with Crippen LogP contribution in [0.25, 0.3) is 5.70 Å². The first-order chi connectivity index (χ1) is 18.0. The van der Waals surface area contributed by atoms with Gasteiger partial charge in [0.2, 0.25) is 11.9 Å². The van der Waals surface area contributed by atoms with Gasteiger partial charge in [-0.3, -0.25) is 24.4 Å². The van der Waals surface area contributed by atoms with Gasteiger partial charge in [-0.15, -0.1) is 0 Å². The molecule has 3 aromatic heterocycles. The summed E-state index contributed by atoms with van der Waals surface area (Å²) in [4.78, 5) is 55.8. The third-order valence-electron chi connectivity index (χ3n) is 6.64. The predicted molar refractivity (Wildman–Crippen MR) is 144 cm³/mol. The van der Waals surface area contributed by atoms with Gasteiger partial charge in [0, 0.05) is 49.6 Å². The largest absolute Gasteiger partial charge is 0.384 e. The average Bonchev–Trinajstić information content (AvgIpc) is 3.29. The van der Waals surface area contributed by atoms with Crippen LogP contribution in [0.3, 0.4) is 0 Å². The van der Waals surface area contributed by atoms with Crippen molar-refractivity contribution in [2.75, 3.05) is 17.7 Å². The molecule has 0 bridgehead atoms. The molecule has 198 valence electrons. The van der Waals surface area contributed by atoms with E-state index in [9.17, 15) is 14.4 Å². The highest BCUT2D eigenvalue weighted by Crippen LogP contribution is 2.33. The van der Waals surface area contributed by atoms with Crippen molar-refractivity contribution in [2.45, 2.75) is 40.2 Å². The summed E-state index contributed by atoms with van der Waals surface area (Å²) >= 11 is 0. The van der Waals surface area contributed by atoms with Crippen molar-refractivity contribution in [1.29, 1.82) is 0 Å². The number of nitrogen functional groups attached to an aromatic ring is 1. The molecule has 11 nitrogen and oxygen atoms in total. The highest BCUT2D eigenvalue weighted by Gasteiger charge is 2.55. The Morgan fingerprint density at radius 1 is 1.13 bits per heavy atom. The van der Waals surface area contributed by atoms with E-state index < -0.39 is 29.8 Å². The number of β-lactam (4-membered cyclic amide) rings is 1. The first-order valence-electron chi connectivity index (χ1n) is 12.2. The van der Waals surface area contributed by atoms with Crippen molar-refractivity contribution in [3.8, 4) is 0 Å². The molecular weight excluding hydrogens is 484 g/mol. The van der Waals surface area contributed by atoms with Crippen molar-refractivity contribution in [3.05, 3.63) is 70.9 Å². The van der Waals surface area contributed by atoms with Crippen LogP contribution < -0.4 is 16.0 Å². The van der Waals surface area contributed by atoms with Crippen LogP contribution in [0.4, 0.5) is 16.6 Å². The Hall–Kier alpha value is -4.54. The molecule has 1 saturated heterocycles. The fraction of sp³-hybridized carbons (Fsp3) is 0.333. The number of carbonyl (C=O) groups is 3. The van der Waals surface area contributed by atoms with E-state index in [1.807, 2.05) is 39.8 Å². The number of nitrogens with one attached hydrogen (secondary N) is 1. The number of allylic oxidation sites excluding steroid dienone is 1. The third-order valence-corrected chi connectivity index (χ3v) is 6.64. The van der Waals surface area contributed by atoms with Crippen LogP contribution in [0.2, 0.25) is 0 Å². The molecule has 1 aliphatic heterocycles. The molecule has 0 saturated carbocycles. The Balaban J connectivity index is 1.66. The summed E-state index contributed by atoms with van der Waals surface area (Å²) in [5.41, 5.74) is 10.3. The Kier molecular flexibility index (Phi) is 7.29. The van der Waals surface area contributed by atoms with E-state index in [2.05, 4.69) is 20.3 Å². The van der Waals surface area contributed by atoms with Crippen LogP contribution in [-0.4, -0.2) is 55.4 Å². The second-order valence-electron chi connectivity index (χ2n) is 9.68. The highest BCUT2D eigenvalue weighted by atomic mass is 16.2. The van der Waals surface area contributed by atoms with Crippen molar-refractivity contribution in [1.82, 2.24) is 29.7 Å². The lowest BCUT2D eigenvalue weighted by atomic mass is 9.81. The molecule has 0 spiro atoms. The molecule has 38 heavy (non-hydrogen) atoms. The number of carbonyl (C=O) groups excluding carboxylic acids is 3. The molecule has 0 aliphatic carbocycles. The van der Waals surface area contributed by atoms with Gasteiger partial charge >= 0.3 is 6.03 Å². The number of pyridine rings is 2. The summed E-state index contributed by atoms with van der Waals surface area (Å²) < 4.78 is 1.69. The molecule has 3 aromatic rings. The van der Waals surface area contributed by atoms with Crippen molar-refractivity contribution in [2.24, 2.45) is 13.0 Å². The first-order valence-corrected chi connectivity index (χ1v) is 12.2. The number of hydrogen-bond donors (Lipinski definition) is 2. The smallest absolute Gasteiger partial charge is 0.329 e. The summed E-state index contributed by atoms with van der Waals surface area (Å²) in [6.07, 6.45) is 5.07. The maximum atomic E-state index is 13.7. The lowest BCUT2D eigenvalue weighted by Gasteiger charge is -2.45. The lowest BCUT2D eigenvalue weighted by molar-refractivity contribution is -0.156. The van der Waals surface area contributed by atoms with Gasteiger partial charge in [-0.25, -0.2) is 14.8 Å². The number of likely N-dealkylation sites (tertiary alicyclic amines) is 1. The molecule has 4 rings (SSSR count). The van der Waals surface area contributed by atoms with Crippen molar-refractivity contribution >= 4 is 35.3 Å². The van der Waals surface area contributed by atoms with Gasteiger partial charge in [0.05, 0.1) is 11.6 Å². The number of imidazole rings is 1. The molecule has 1 fully saturated rings. The average molecular weight is 517 g/mol. The Labute approximate surface area is 221 Å². The second kappa shape index (κ2) is 10.4. The minimum atomic E-state index is -1.03. The number of nitrogens with zero attached hydrogens (tertiary/aromatic N) is 6. The number of aromatic nitrogens is 4. The van der Waals surface area contributed by atoms with Gasteiger partial charge in [-0.05, 0) is 63.9 Å². The van der Waals surface area contributed by atoms with Crippen molar-refractivity contribution in [3.63, 3.8) is 0 Å². The van der Waals surface area contributed by atoms with Crippen LogP contribution in [0, 0.1) is 19.8 Å². The SMILES string of the molecule is CC(C)=C(NC(=O)N1C(=O)[C@H](Cc2ccnc(N)c2)[C@H]1C(=O)N(C)c1nccn1C)c1ccc(C)nc1C. The van der Waals surface area contributed by atoms with Crippen molar-refractivity contribution < 1.29 is 14.4 Å². The fourth-order valence-corrected chi connectivity index (χ4v) is 4.69. The standard InChI is InChI=1S/C27H32N8O3/c1-15(2)22(19-8-7-16(3)31-17(19)4)32-27(38)35-23(25(37)34(6)26-30-11-12-33(26)5)20(24(35)36)13-18-9-10-29-21(28)14-18/h7-12,14,20,23H,13H2,1-6H3,(H2,28,29)(H,32,38)/t20-,23+/m1/s1. The second-order valence-corrected chi connectivity index (χ2v) is 9.68. The molecule has 3 N–H and O–H groups in total. The maximum absolute atomic E-state index is 13.7. The number of likely N-dealkylation sites (N-methyl/N-ethyl adjacent to an activating group) is 1. The fourth-order valence-electron chi connectivity index (χ4n) is 4.69. The Bertz CT molecular complexity index is 1440. The van der Waals surface area contributed by atoms with Gasteiger partial charge in [0.1, 0.15) is 11.9 Å². The molecule has 1 aliphatic rings. The van der Waals surface area contributed by atoms with E-state index in [0.29, 0.717) is 17.5 Å². The van der Waals surface area contributed by atoms with Crippen LogP contribution in [0.5, 0.6) is 0 Å². The van der Waals surface area contributed by atoms with E-state index >= 15 is 0 Å². The predicted octanol–water partition coefficient (Wildman–Crippen LogP) is 2.60. The zero-order valence-corrected chi connectivity index (χ0v) is 22.4. The Morgan fingerprint density at radius 2 is 1.87 bits per heavy atom. The molecule has 0 radical (unpaired) electrons. The van der Waals surface area contributed by atoms with Crippen LogP contribution in [-0.2, 0) is 23.1 Å². The monoisotopic (exact) mass is 516 g/mol. The molecule has 0 aromatic carbocycles. The van der Waals surface area contributed by atoms with E-state index in [1.165, 1.54) is 4.90 Å². The summed E-state index contributed by atoms with van der Waals surface area (Å²) in [5, 5.41) is 2.87. The van der Waals surface area contributed by atoms with Gasteiger partial charge in [0.25, 0.3) is 5.91 Å². The molecule has 4 amide bonds. The molecule has 0 unspecified atom stereocenters. The lowest BCUT2D eigenvalue weighted by Crippen LogP contribution is -2.70. The number of rotatable bonds is 6. The maximum Gasteiger partial charge on any atom is 0.329 e. The topological polar surface area (TPSA) is 139 Å². The van der Waals surface area contributed by atoms with Crippen LogP contribution in [0.15, 0.2) is 48.4 Å². The number of hydrogen-bond acceptors (Lipinski definition) is 7. The zero-order chi connectivity index (χ0) is 27.7. The zero-order valence-electron chi connectivity index (χ0n) is 22.4. The van der Waals surface area contributed by atoms with Gasteiger partial charge in [-0.1, -0.05) is 5.57 Å². The van der Waals surface area contributed by atoms with Crippen LogP contribution in [0.1, 0.15) is 36.4 Å². The van der Waals surface area contributed by atoms with E-state index in [4.69, 9.17) is 5.73 Å². The molecule has 11 heteroatoms. The molecular formula is C27H32N8O3. The minimum absolute atomic E-state index is 0.233. The van der Waals surface area contributed by atoms with Gasteiger partial charge in [-0.2, -0.15) is 0 Å². The number of anilines is 2. The van der Waals surface area contributed by atoms with Crippen LogP contribution >= 0.6 is 0 Å². The molecule has 2 atom stereocenters. The number of amides is 4. The van der Waals surface area contributed by atoms with E-state index in [0.717, 1.165) is 33.0 Å². The quantitative estimate of drug-likeness (QED) is 0.480. The van der Waals surface area contributed by atoms with E-state index in [1.54, 1.807) is 49.4 Å². The van der Waals surface area contributed by atoms with E-state index in [-0.39, 0.29) is 6.42 Å². The third kappa shape index (κ3) is 4.99. The van der Waals surface area contributed by atoms with Gasteiger partial charge < -0.3 is 15.6 Å². The summed E-state index contributed by atoms with van der Waals surface area (Å²) in [6, 6.07) is 5.43. The summed E-state index contributed by atoms with van der Waals surface area (Å²) in [7, 11) is 3.34. The number of urea groups is 1. The molecule has 4 heterocycles. The summed E-state index contributed by atoms with van der Waals surface area (Å²) in [6.45, 7) is 7.47. The normalized spacial score (nSPS) is 16.6. The number of nitrogens with two attached hydrogens (primary N) is 1. The minimum Gasteiger partial charge on any atom is -0.384 e.